The number of ether oxygens (including phenoxy) is 1. The average molecular weight is 399 g/mol. The molecule has 2 amide bonds. The Morgan fingerprint density at radius 2 is 1.90 bits per heavy atom. The maximum Gasteiger partial charge on any atom is 0.245 e. The molecule has 0 radical (unpaired) electrons. The summed E-state index contributed by atoms with van der Waals surface area (Å²) in [5, 5.41) is 2.83. The number of fused-ring (bicyclic) bond motifs is 2. The summed E-state index contributed by atoms with van der Waals surface area (Å²) < 4.78 is 5.56. The van der Waals surface area contributed by atoms with E-state index in [1.165, 1.54) is 5.56 Å². The monoisotopic (exact) mass is 399 g/mol. The first kappa shape index (κ1) is 18.4. The van der Waals surface area contributed by atoms with E-state index in [0.717, 1.165) is 34.7 Å². The number of para-hydroxylation sites is 1. The minimum absolute atomic E-state index is 0.0298. The molecule has 0 fully saturated rings. The number of aryl methyl sites for hydroxylation is 1. The number of benzene rings is 2. The zero-order chi connectivity index (χ0) is 20.5. The van der Waals surface area contributed by atoms with E-state index in [0.29, 0.717) is 25.3 Å². The van der Waals surface area contributed by atoms with Crippen molar-refractivity contribution in [3.05, 3.63) is 71.8 Å². The molecule has 0 spiro atoms. The summed E-state index contributed by atoms with van der Waals surface area (Å²) in [5.41, 5.74) is 4.83. The van der Waals surface area contributed by atoms with Crippen molar-refractivity contribution < 1.29 is 14.3 Å². The minimum Gasteiger partial charge on any atom is -0.493 e. The molecule has 2 aliphatic heterocycles. The second-order valence-electron chi connectivity index (χ2n) is 7.49. The van der Waals surface area contributed by atoms with Crippen molar-refractivity contribution in [1.29, 1.82) is 0 Å². The SMILES string of the molecule is O=C(CN1C(=O)CCc2ccccc21)Nc1cccc(-c2ccc3c(c2)CCO3)n1. The summed E-state index contributed by atoms with van der Waals surface area (Å²) in [5.74, 6) is 1.08. The second kappa shape index (κ2) is 7.63. The first-order valence-electron chi connectivity index (χ1n) is 10.1. The number of hydrogen-bond donors (Lipinski definition) is 1. The fourth-order valence-electron chi connectivity index (χ4n) is 4.01. The van der Waals surface area contributed by atoms with Crippen molar-refractivity contribution in [2.24, 2.45) is 0 Å². The van der Waals surface area contributed by atoms with Gasteiger partial charge < -0.3 is 15.0 Å². The van der Waals surface area contributed by atoms with Gasteiger partial charge in [-0.2, -0.15) is 0 Å². The molecule has 2 aromatic carbocycles. The van der Waals surface area contributed by atoms with Gasteiger partial charge >= 0.3 is 0 Å². The molecule has 0 bridgehead atoms. The van der Waals surface area contributed by atoms with E-state index in [2.05, 4.69) is 16.4 Å². The van der Waals surface area contributed by atoms with E-state index in [1.54, 1.807) is 11.0 Å². The molecular weight excluding hydrogens is 378 g/mol. The minimum atomic E-state index is -0.271. The topological polar surface area (TPSA) is 71.5 Å². The molecule has 1 aromatic heterocycles. The average Bonchev–Trinajstić information content (AvgIpc) is 3.24. The Balaban J connectivity index is 1.32. The first-order chi connectivity index (χ1) is 14.7. The van der Waals surface area contributed by atoms with Crippen LogP contribution in [-0.2, 0) is 22.4 Å². The summed E-state index contributed by atoms with van der Waals surface area (Å²) >= 11 is 0. The van der Waals surface area contributed by atoms with Crippen molar-refractivity contribution in [3.8, 4) is 17.0 Å². The maximum absolute atomic E-state index is 12.7. The van der Waals surface area contributed by atoms with Gasteiger partial charge in [-0.05, 0) is 53.9 Å². The third-order valence-electron chi connectivity index (χ3n) is 5.50. The normalized spacial score (nSPS) is 14.7. The Labute approximate surface area is 174 Å². The summed E-state index contributed by atoms with van der Waals surface area (Å²) in [6, 6.07) is 19.3. The number of hydrogen-bond acceptors (Lipinski definition) is 4. The second-order valence-corrected chi connectivity index (χ2v) is 7.49. The summed E-state index contributed by atoms with van der Waals surface area (Å²) in [6.45, 7) is 0.679. The van der Waals surface area contributed by atoms with Crippen molar-refractivity contribution in [2.75, 3.05) is 23.4 Å². The van der Waals surface area contributed by atoms with E-state index in [1.807, 2.05) is 48.5 Å². The van der Waals surface area contributed by atoms with Crippen LogP contribution in [-0.4, -0.2) is 29.9 Å². The number of carbonyl (C=O) groups is 2. The lowest BCUT2D eigenvalue weighted by molar-refractivity contribution is -0.121. The van der Waals surface area contributed by atoms with Crippen LogP contribution in [0.3, 0.4) is 0 Å². The lowest BCUT2D eigenvalue weighted by Gasteiger charge is -2.28. The largest absolute Gasteiger partial charge is 0.493 e. The van der Waals surface area contributed by atoms with Gasteiger partial charge in [0.15, 0.2) is 0 Å². The van der Waals surface area contributed by atoms with Gasteiger partial charge in [-0.25, -0.2) is 4.98 Å². The third kappa shape index (κ3) is 3.52. The highest BCUT2D eigenvalue weighted by Gasteiger charge is 2.25. The quantitative estimate of drug-likeness (QED) is 0.728. The molecule has 5 rings (SSSR count). The van der Waals surface area contributed by atoms with Gasteiger partial charge in [0.05, 0.1) is 12.3 Å². The molecule has 30 heavy (non-hydrogen) atoms. The Kier molecular flexibility index (Phi) is 4.67. The fourth-order valence-corrected chi connectivity index (χ4v) is 4.01. The van der Waals surface area contributed by atoms with Crippen molar-refractivity contribution in [3.63, 3.8) is 0 Å². The predicted molar refractivity (Wildman–Crippen MR) is 115 cm³/mol. The Bertz CT molecular complexity index is 1140. The van der Waals surface area contributed by atoms with Gasteiger partial charge in [0.25, 0.3) is 0 Å². The number of nitrogens with one attached hydrogen (secondary N) is 1. The van der Waals surface area contributed by atoms with Gasteiger partial charge in [-0.15, -0.1) is 0 Å². The lowest BCUT2D eigenvalue weighted by Crippen LogP contribution is -2.40. The van der Waals surface area contributed by atoms with Crippen LogP contribution in [0.15, 0.2) is 60.7 Å². The van der Waals surface area contributed by atoms with Gasteiger partial charge in [0.2, 0.25) is 11.8 Å². The molecule has 0 atom stereocenters. The highest BCUT2D eigenvalue weighted by molar-refractivity contribution is 6.04. The van der Waals surface area contributed by atoms with E-state index in [9.17, 15) is 9.59 Å². The van der Waals surface area contributed by atoms with Gasteiger partial charge in [0, 0.05) is 24.1 Å². The van der Waals surface area contributed by atoms with E-state index in [-0.39, 0.29) is 18.4 Å². The number of aromatic nitrogens is 1. The van der Waals surface area contributed by atoms with Gasteiger partial charge in [0.1, 0.15) is 18.1 Å². The standard InChI is InChI=1S/C24H21N3O3/c28-23(15-27-20-6-2-1-4-16(20)9-11-24(27)29)26-22-7-3-5-19(25-22)17-8-10-21-18(14-17)12-13-30-21/h1-8,10,14H,9,11-13,15H2,(H,25,26,28). The molecule has 0 aliphatic carbocycles. The predicted octanol–water partition coefficient (Wildman–Crippen LogP) is 3.60. The summed E-state index contributed by atoms with van der Waals surface area (Å²) in [4.78, 5) is 31.2. The molecule has 3 aromatic rings. The molecule has 150 valence electrons. The lowest BCUT2D eigenvalue weighted by atomic mass is 10.0. The zero-order valence-corrected chi connectivity index (χ0v) is 16.4. The van der Waals surface area contributed by atoms with Crippen LogP contribution >= 0.6 is 0 Å². The smallest absolute Gasteiger partial charge is 0.245 e. The molecule has 3 heterocycles. The molecule has 0 unspecified atom stereocenters. The Morgan fingerprint density at radius 3 is 2.83 bits per heavy atom. The van der Waals surface area contributed by atoms with Crippen LogP contribution in [0, 0.1) is 0 Å². The highest BCUT2D eigenvalue weighted by atomic mass is 16.5. The van der Waals surface area contributed by atoms with Crippen molar-refractivity contribution in [2.45, 2.75) is 19.3 Å². The van der Waals surface area contributed by atoms with Gasteiger partial charge in [-0.1, -0.05) is 24.3 Å². The van der Waals surface area contributed by atoms with Crippen LogP contribution in [0.25, 0.3) is 11.3 Å². The third-order valence-corrected chi connectivity index (χ3v) is 5.50. The van der Waals surface area contributed by atoms with Crippen molar-refractivity contribution in [1.82, 2.24) is 4.98 Å². The number of amides is 2. The molecule has 2 aliphatic rings. The van der Waals surface area contributed by atoms with Crippen LogP contribution in [0.5, 0.6) is 5.75 Å². The van der Waals surface area contributed by atoms with E-state index in [4.69, 9.17) is 4.74 Å². The Morgan fingerprint density at radius 1 is 1.00 bits per heavy atom. The molecule has 6 nitrogen and oxygen atoms in total. The Hall–Kier alpha value is -3.67. The van der Waals surface area contributed by atoms with Crippen LogP contribution in [0.1, 0.15) is 17.5 Å². The highest BCUT2D eigenvalue weighted by Crippen LogP contribution is 2.30. The van der Waals surface area contributed by atoms with Crippen LogP contribution < -0.4 is 15.0 Å². The zero-order valence-electron chi connectivity index (χ0n) is 16.4. The number of pyridine rings is 1. The fraction of sp³-hybridized carbons (Fsp3) is 0.208. The molecule has 0 saturated carbocycles. The number of anilines is 2. The number of rotatable bonds is 4. The van der Waals surface area contributed by atoms with Gasteiger partial charge in [-0.3, -0.25) is 9.59 Å². The van der Waals surface area contributed by atoms with Crippen LogP contribution in [0.2, 0.25) is 0 Å². The maximum atomic E-state index is 12.7. The molecule has 1 N–H and O–H groups in total. The van der Waals surface area contributed by atoms with E-state index >= 15 is 0 Å². The number of carbonyl (C=O) groups excluding carboxylic acids is 2. The molecule has 0 saturated heterocycles. The van der Waals surface area contributed by atoms with E-state index < -0.39 is 0 Å². The number of nitrogens with zero attached hydrogens (tertiary/aromatic N) is 2. The van der Waals surface area contributed by atoms with Crippen molar-refractivity contribution >= 4 is 23.3 Å². The summed E-state index contributed by atoms with van der Waals surface area (Å²) in [6.07, 6.45) is 2.02. The molecular formula is C24H21N3O3. The molecule has 6 heteroatoms. The summed E-state index contributed by atoms with van der Waals surface area (Å²) in [7, 11) is 0. The van der Waals surface area contributed by atoms with Crippen LogP contribution in [0.4, 0.5) is 11.5 Å². The first-order valence-corrected chi connectivity index (χ1v) is 10.1.